The zero-order valence-electron chi connectivity index (χ0n) is 9.63. The molecule has 0 saturated carbocycles. The van der Waals surface area contributed by atoms with Crippen molar-refractivity contribution in [3.63, 3.8) is 0 Å². The fourth-order valence-corrected chi connectivity index (χ4v) is 1.31. The third-order valence-electron chi connectivity index (χ3n) is 2.20. The van der Waals surface area contributed by atoms with Crippen molar-refractivity contribution in [1.82, 2.24) is 0 Å². The Morgan fingerprint density at radius 2 is 1.94 bits per heavy atom. The van der Waals surface area contributed by atoms with E-state index >= 15 is 0 Å². The van der Waals surface area contributed by atoms with E-state index in [1.165, 1.54) is 0 Å². The number of esters is 1. The van der Waals surface area contributed by atoms with Gasteiger partial charge in [-0.05, 0) is 18.4 Å². The molecule has 1 aromatic rings. The lowest BCUT2D eigenvalue weighted by Gasteiger charge is -2.04. The molecule has 0 aliphatic rings. The van der Waals surface area contributed by atoms with E-state index in [4.69, 9.17) is 4.74 Å². The smallest absolute Gasteiger partial charge is 0.306 e. The Hall–Kier alpha value is -1.84. The summed E-state index contributed by atoms with van der Waals surface area (Å²) in [4.78, 5) is 21.2. The van der Waals surface area contributed by atoms with Crippen LogP contribution in [0.3, 0.4) is 0 Å². The molecular weight excluding hydrogens is 220 g/mol. The first-order chi connectivity index (χ1) is 8.33. The van der Waals surface area contributed by atoms with E-state index in [-0.39, 0.29) is 5.97 Å². The van der Waals surface area contributed by atoms with Gasteiger partial charge in [-0.25, -0.2) is 0 Å². The molecule has 0 saturated heterocycles. The van der Waals surface area contributed by atoms with Crippen molar-refractivity contribution in [2.45, 2.75) is 25.9 Å². The Labute approximate surface area is 101 Å². The van der Waals surface area contributed by atoms with Crippen molar-refractivity contribution in [2.24, 2.45) is 0 Å². The van der Waals surface area contributed by atoms with Crippen LogP contribution in [-0.2, 0) is 25.7 Å². The first kappa shape index (κ1) is 13.2. The molecule has 92 valence electrons. The van der Waals surface area contributed by atoms with E-state index in [2.05, 4.69) is 4.74 Å². The van der Waals surface area contributed by atoms with Crippen LogP contribution in [0.4, 0.5) is 0 Å². The summed E-state index contributed by atoms with van der Waals surface area (Å²) < 4.78 is 9.60. The molecule has 0 heterocycles. The second-order valence-electron chi connectivity index (χ2n) is 3.57. The Morgan fingerprint density at radius 3 is 2.65 bits per heavy atom. The molecule has 0 N–H and O–H groups in total. The number of rotatable bonds is 8. The molecule has 0 aliphatic carbocycles. The van der Waals surface area contributed by atoms with Gasteiger partial charge in [0.1, 0.15) is 6.61 Å². The lowest BCUT2D eigenvalue weighted by atomic mass is 10.2. The second kappa shape index (κ2) is 8.33. The van der Waals surface area contributed by atoms with E-state index in [9.17, 15) is 9.59 Å². The minimum absolute atomic E-state index is 0.222. The number of benzene rings is 1. The van der Waals surface area contributed by atoms with Gasteiger partial charge in [-0.3, -0.25) is 9.59 Å². The molecule has 0 atom stereocenters. The maximum atomic E-state index is 11.3. The van der Waals surface area contributed by atoms with Gasteiger partial charge in [-0.15, -0.1) is 0 Å². The molecule has 0 aromatic heterocycles. The molecule has 1 aromatic carbocycles. The third kappa shape index (κ3) is 6.35. The van der Waals surface area contributed by atoms with Gasteiger partial charge in [0, 0.05) is 6.42 Å². The molecule has 17 heavy (non-hydrogen) atoms. The highest BCUT2D eigenvalue weighted by atomic mass is 16.5. The molecule has 0 bridgehead atoms. The summed E-state index contributed by atoms with van der Waals surface area (Å²) in [5.41, 5.74) is 0.977. The number of ether oxygens (including phenoxy) is 2. The summed E-state index contributed by atoms with van der Waals surface area (Å²) in [6.45, 7) is 1.08. The summed E-state index contributed by atoms with van der Waals surface area (Å²) in [5, 5.41) is 0. The fraction of sp³-hybridized carbons (Fsp3) is 0.385. The van der Waals surface area contributed by atoms with Gasteiger partial charge in [-0.1, -0.05) is 30.3 Å². The Bertz CT molecular complexity index is 335. The predicted molar refractivity (Wildman–Crippen MR) is 62.1 cm³/mol. The number of hydrogen-bond acceptors (Lipinski definition) is 4. The quantitative estimate of drug-likeness (QED) is 0.394. The molecule has 4 heteroatoms. The molecule has 0 radical (unpaired) electrons. The van der Waals surface area contributed by atoms with E-state index in [0.717, 1.165) is 5.56 Å². The van der Waals surface area contributed by atoms with Gasteiger partial charge in [0.25, 0.3) is 6.47 Å². The number of carbonyl (C=O) groups is 2. The summed E-state index contributed by atoms with van der Waals surface area (Å²) in [5.74, 6) is -0.222. The highest BCUT2D eigenvalue weighted by molar-refractivity contribution is 5.69. The van der Waals surface area contributed by atoms with Gasteiger partial charge in [0.05, 0.1) is 6.61 Å². The van der Waals surface area contributed by atoms with Crippen molar-refractivity contribution in [3.05, 3.63) is 35.9 Å². The third-order valence-corrected chi connectivity index (χ3v) is 2.20. The Morgan fingerprint density at radius 1 is 1.18 bits per heavy atom. The van der Waals surface area contributed by atoms with Gasteiger partial charge in [0.15, 0.2) is 0 Å². The first-order valence-corrected chi connectivity index (χ1v) is 5.57. The van der Waals surface area contributed by atoms with Crippen LogP contribution in [0.15, 0.2) is 30.3 Å². The van der Waals surface area contributed by atoms with Crippen LogP contribution in [0.2, 0.25) is 0 Å². The van der Waals surface area contributed by atoms with Crippen LogP contribution >= 0.6 is 0 Å². The highest BCUT2D eigenvalue weighted by Crippen LogP contribution is 2.03. The molecule has 0 fully saturated rings. The molecule has 0 amide bonds. The lowest BCUT2D eigenvalue weighted by Crippen LogP contribution is -2.05. The van der Waals surface area contributed by atoms with Crippen LogP contribution < -0.4 is 0 Å². The van der Waals surface area contributed by atoms with E-state index in [0.29, 0.717) is 38.9 Å². The van der Waals surface area contributed by atoms with E-state index in [1.807, 2.05) is 30.3 Å². The topological polar surface area (TPSA) is 52.6 Å². The molecule has 0 spiro atoms. The SMILES string of the molecule is O=COCCCCC(=O)OCc1ccccc1. The van der Waals surface area contributed by atoms with Crippen molar-refractivity contribution in [1.29, 1.82) is 0 Å². The average molecular weight is 236 g/mol. The summed E-state index contributed by atoms with van der Waals surface area (Å²) in [6, 6.07) is 9.54. The minimum Gasteiger partial charge on any atom is -0.468 e. The van der Waals surface area contributed by atoms with Crippen molar-refractivity contribution < 1.29 is 19.1 Å². The van der Waals surface area contributed by atoms with Gasteiger partial charge < -0.3 is 9.47 Å². The number of unbranched alkanes of at least 4 members (excludes halogenated alkanes) is 1. The standard InChI is InChI=1S/C13H16O4/c14-11-16-9-5-4-8-13(15)17-10-12-6-2-1-3-7-12/h1-3,6-7,11H,4-5,8-10H2. The normalized spacial score (nSPS) is 9.65. The van der Waals surface area contributed by atoms with Gasteiger partial charge >= 0.3 is 5.97 Å². The van der Waals surface area contributed by atoms with Crippen molar-refractivity contribution in [3.8, 4) is 0 Å². The van der Waals surface area contributed by atoms with Crippen LogP contribution in [0.1, 0.15) is 24.8 Å². The molecular formula is C13H16O4. The van der Waals surface area contributed by atoms with Gasteiger partial charge in [-0.2, -0.15) is 0 Å². The molecule has 0 aliphatic heterocycles. The predicted octanol–water partition coefficient (Wildman–Crippen LogP) is 2.07. The molecule has 4 nitrogen and oxygen atoms in total. The lowest BCUT2D eigenvalue weighted by molar-refractivity contribution is -0.145. The van der Waals surface area contributed by atoms with E-state index < -0.39 is 0 Å². The second-order valence-corrected chi connectivity index (χ2v) is 3.57. The zero-order valence-corrected chi connectivity index (χ0v) is 9.63. The van der Waals surface area contributed by atoms with Crippen LogP contribution in [0, 0.1) is 0 Å². The van der Waals surface area contributed by atoms with Crippen LogP contribution in [0.5, 0.6) is 0 Å². The van der Waals surface area contributed by atoms with Gasteiger partial charge in [0.2, 0.25) is 0 Å². The fourth-order valence-electron chi connectivity index (χ4n) is 1.31. The van der Waals surface area contributed by atoms with Crippen LogP contribution in [0.25, 0.3) is 0 Å². The molecule has 0 unspecified atom stereocenters. The average Bonchev–Trinajstić information content (AvgIpc) is 2.37. The van der Waals surface area contributed by atoms with Crippen molar-refractivity contribution in [2.75, 3.05) is 6.61 Å². The zero-order chi connectivity index (χ0) is 12.3. The summed E-state index contributed by atoms with van der Waals surface area (Å²) >= 11 is 0. The largest absolute Gasteiger partial charge is 0.468 e. The monoisotopic (exact) mass is 236 g/mol. The minimum atomic E-state index is -0.222. The maximum absolute atomic E-state index is 11.3. The van der Waals surface area contributed by atoms with Crippen molar-refractivity contribution >= 4 is 12.4 Å². The summed E-state index contributed by atoms with van der Waals surface area (Å²) in [6.07, 6.45) is 1.70. The Kier molecular flexibility index (Phi) is 6.48. The highest BCUT2D eigenvalue weighted by Gasteiger charge is 2.02. The summed E-state index contributed by atoms with van der Waals surface area (Å²) in [7, 11) is 0. The molecule has 1 rings (SSSR count). The first-order valence-electron chi connectivity index (χ1n) is 5.57. The number of hydrogen-bond donors (Lipinski definition) is 0. The van der Waals surface area contributed by atoms with E-state index in [1.54, 1.807) is 0 Å². The maximum Gasteiger partial charge on any atom is 0.306 e. The number of carbonyl (C=O) groups excluding carboxylic acids is 2. The van der Waals surface area contributed by atoms with Crippen LogP contribution in [-0.4, -0.2) is 19.0 Å². The Balaban J connectivity index is 2.07.